The zero-order valence-corrected chi connectivity index (χ0v) is 6.33. The maximum absolute atomic E-state index is 13.1. The monoisotopic (exact) mass is 165 g/mol. The third kappa shape index (κ3) is 1.19. The maximum atomic E-state index is 13.1. The summed E-state index contributed by atoms with van der Waals surface area (Å²) in [6, 6.07) is 6.57. The van der Waals surface area contributed by atoms with E-state index in [9.17, 15) is 4.39 Å². The van der Waals surface area contributed by atoms with E-state index in [0.717, 1.165) is 0 Å². The average Bonchev–Trinajstić information content (AvgIpc) is 2.57. The van der Waals surface area contributed by atoms with E-state index in [0.29, 0.717) is 5.56 Å². The highest BCUT2D eigenvalue weighted by Gasteiger charge is 2.15. The maximum Gasteiger partial charge on any atom is 0.133 e. The molecule has 0 saturated heterocycles. The van der Waals surface area contributed by atoms with Gasteiger partial charge in [0.15, 0.2) is 0 Å². The Bertz CT molecular complexity index is 311. The van der Waals surface area contributed by atoms with Crippen LogP contribution in [0.2, 0.25) is 0 Å². The second kappa shape index (κ2) is 2.95. The van der Waals surface area contributed by atoms with Crippen molar-refractivity contribution < 1.29 is 9.23 Å². The van der Waals surface area contributed by atoms with Gasteiger partial charge in [0.2, 0.25) is 0 Å². The van der Waals surface area contributed by atoms with Gasteiger partial charge in [0.05, 0.1) is 0 Å². The summed E-state index contributed by atoms with van der Waals surface area (Å²) in [6.45, 7) is 0. The lowest BCUT2D eigenvalue weighted by atomic mass is 10.1. The molecule has 0 saturated carbocycles. The Morgan fingerprint density at radius 2 is 2.17 bits per heavy atom. The Labute approximate surface area is 69.6 Å². The first kappa shape index (κ1) is 7.31. The molecule has 0 radical (unpaired) electrons. The highest BCUT2D eigenvalue weighted by Crippen LogP contribution is 2.22. The van der Waals surface area contributed by atoms with Crippen molar-refractivity contribution >= 4 is 0 Å². The van der Waals surface area contributed by atoms with E-state index < -0.39 is 0 Å². The fourth-order valence-corrected chi connectivity index (χ4v) is 1.15. The first-order valence-corrected chi connectivity index (χ1v) is 3.70. The number of halogens is 1. The van der Waals surface area contributed by atoms with Gasteiger partial charge >= 0.3 is 0 Å². The zero-order chi connectivity index (χ0) is 8.39. The van der Waals surface area contributed by atoms with E-state index in [-0.39, 0.29) is 11.9 Å². The summed E-state index contributed by atoms with van der Waals surface area (Å²) in [5.74, 6) is -0.240. The molecular weight excluding hydrogens is 157 g/mol. The van der Waals surface area contributed by atoms with Crippen molar-refractivity contribution in [2.75, 3.05) is 0 Å². The number of hydrogen-bond donors (Lipinski definition) is 1. The smallest absolute Gasteiger partial charge is 0.133 e. The minimum Gasteiger partial charge on any atom is -0.274 e. The van der Waals surface area contributed by atoms with Gasteiger partial charge in [-0.3, -0.25) is 10.3 Å². The van der Waals surface area contributed by atoms with Crippen molar-refractivity contribution in [1.82, 2.24) is 5.48 Å². The standard InChI is InChI=1S/C9H8FNO/c10-8-4-2-1-3-7(8)9-5-6-11-12-9/h1-6,9,11H. The molecule has 0 amide bonds. The first-order chi connectivity index (χ1) is 5.88. The molecule has 1 aliphatic rings. The SMILES string of the molecule is Fc1ccccc1C1C=CNO1. The summed E-state index contributed by atoms with van der Waals surface area (Å²) < 4.78 is 13.1. The summed E-state index contributed by atoms with van der Waals surface area (Å²) in [4.78, 5) is 5.02. The van der Waals surface area contributed by atoms with E-state index in [1.54, 1.807) is 30.5 Å². The lowest BCUT2D eigenvalue weighted by Gasteiger charge is -2.07. The van der Waals surface area contributed by atoms with Crippen LogP contribution in [-0.4, -0.2) is 0 Å². The third-order valence-corrected chi connectivity index (χ3v) is 1.75. The molecule has 1 aromatic carbocycles. The second-order valence-corrected chi connectivity index (χ2v) is 2.54. The Kier molecular flexibility index (Phi) is 1.80. The van der Waals surface area contributed by atoms with Crippen molar-refractivity contribution in [3.8, 4) is 0 Å². The van der Waals surface area contributed by atoms with Gasteiger partial charge < -0.3 is 0 Å². The third-order valence-electron chi connectivity index (χ3n) is 1.75. The van der Waals surface area contributed by atoms with E-state index in [1.807, 2.05) is 0 Å². The summed E-state index contributed by atoms with van der Waals surface area (Å²) in [6.07, 6.45) is 3.11. The van der Waals surface area contributed by atoms with Crippen molar-refractivity contribution in [3.05, 3.63) is 47.9 Å². The molecule has 12 heavy (non-hydrogen) atoms. The molecule has 62 valence electrons. The highest BCUT2D eigenvalue weighted by atomic mass is 19.1. The first-order valence-electron chi connectivity index (χ1n) is 3.70. The van der Waals surface area contributed by atoms with Gasteiger partial charge in [0, 0.05) is 11.8 Å². The van der Waals surface area contributed by atoms with Crippen LogP contribution in [0.15, 0.2) is 36.5 Å². The Morgan fingerprint density at radius 3 is 2.83 bits per heavy atom. The molecule has 2 nitrogen and oxygen atoms in total. The van der Waals surface area contributed by atoms with Crippen LogP contribution in [-0.2, 0) is 4.84 Å². The van der Waals surface area contributed by atoms with Crippen LogP contribution in [0.1, 0.15) is 11.7 Å². The van der Waals surface area contributed by atoms with Crippen molar-refractivity contribution in [2.24, 2.45) is 0 Å². The fourth-order valence-electron chi connectivity index (χ4n) is 1.15. The van der Waals surface area contributed by atoms with Crippen LogP contribution in [0, 0.1) is 5.82 Å². The van der Waals surface area contributed by atoms with Crippen LogP contribution in [0.5, 0.6) is 0 Å². The molecule has 1 aromatic rings. The predicted octanol–water partition coefficient (Wildman–Crippen LogP) is 1.92. The molecule has 1 unspecified atom stereocenters. The quantitative estimate of drug-likeness (QED) is 0.686. The van der Waals surface area contributed by atoms with Gasteiger partial charge in [-0.2, -0.15) is 0 Å². The van der Waals surface area contributed by atoms with Crippen LogP contribution in [0.3, 0.4) is 0 Å². The number of hydrogen-bond acceptors (Lipinski definition) is 2. The summed E-state index contributed by atoms with van der Waals surface area (Å²) in [5.41, 5.74) is 3.11. The van der Waals surface area contributed by atoms with Crippen LogP contribution in [0.25, 0.3) is 0 Å². The fraction of sp³-hybridized carbons (Fsp3) is 0.111. The molecule has 1 heterocycles. The minimum atomic E-state index is -0.300. The van der Waals surface area contributed by atoms with Gasteiger partial charge in [-0.25, -0.2) is 4.39 Å². The van der Waals surface area contributed by atoms with E-state index >= 15 is 0 Å². The molecule has 1 aliphatic heterocycles. The highest BCUT2D eigenvalue weighted by molar-refractivity contribution is 5.24. The van der Waals surface area contributed by atoms with Gasteiger partial charge in [0.1, 0.15) is 11.9 Å². The topological polar surface area (TPSA) is 21.3 Å². The second-order valence-electron chi connectivity index (χ2n) is 2.54. The summed E-state index contributed by atoms with van der Waals surface area (Å²) in [5, 5.41) is 0. The van der Waals surface area contributed by atoms with Gasteiger partial charge in [0.25, 0.3) is 0 Å². The summed E-state index contributed by atoms with van der Waals surface area (Å²) in [7, 11) is 0. The molecule has 0 spiro atoms. The van der Waals surface area contributed by atoms with Crippen molar-refractivity contribution in [2.45, 2.75) is 6.10 Å². The van der Waals surface area contributed by atoms with Gasteiger partial charge in [-0.05, 0) is 12.1 Å². The largest absolute Gasteiger partial charge is 0.274 e. The summed E-state index contributed by atoms with van der Waals surface area (Å²) >= 11 is 0. The van der Waals surface area contributed by atoms with E-state index in [1.165, 1.54) is 6.07 Å². The lowest BCUT2D eigenvalue weighted by Crippen LogP contribution is -2.04. The normalized spacial score (nSPS) is 20.9. The molecule has 1 N–H and O–H groups in total. The number of hydroxylamine groups is 1. The van der Waals surface area contributed by atoms with Crippen LogP contribution < -0.4 is 5.48 Å². The molecule has 0 fully saturated rings. The molecule has 1 atom stereocenters. The van der Waals surface area contributed by atoms with Gasteiger partial charge in [-0.15, -0.1) is 0 Å². The van der Waals surface area contributed by atoms with Crippen molar-refractivity contribution in [1.29, 1.82) is 0 Å². The molecular formula is C9H8FNO. The molecule has 0 aromatic heterocycles. The Hall–Kier alpha value is -1.35. The van der Waals surface area contributed by atoms with Crippen molar-refractivity contribution in [3.63, 3.8) is 0 Å². The van der Waals surface area contributed by atoms with Gasteiger partial charge in [-0.1, -0.05) is 18.2 Å². The zero-order valence-electron chi connectivity index (χ0n) is 6.33. The predicted molar refractivity (Wildman–Crippen MR) is 42.5 cm³/mol. The molecule has 0 aliphatic carbocycles. The average molecular weight is 165 g/mol. The Balaban J connectivity index is 2.33. The Morgan fingerprint density at radius 1 is 1.33 bits per heavy atom. The van der Waals surface area contributed by atoms with E-state index in [2.05, 4.69) is 5.48 Å². The van der Waals surface area contributed by atoms with Crippen LogP contribution in [0.4, 0.5) is 4.39 Å². The lowest BCUT2D eigenvalue weighted by molar-refractivity contribution is 0.0450. The van der Waals surface area contributed by atoms with E-state index in [4.69, 9.17) is 4.84 Å². The van der Waals surface area contributed by atoms with Crippen LogP contribution >= 0.6 is 0 Å². The molecule has 2 rings (SSSR count). The molecule has 0 bridgehead atoms. The number of nitrogens with one attached hydrogen (secondary N) is 1. The number of rotatable bonds is 1. The minimum absolute atomic E-state index is 0.240. The molecule has 3 heteroatoms. The number of benzene rings is 1.